The van der Waals surface area contributed by atoms with Gasteiger partial charge in [-0.1, -0.05) is 0 Å². The third-order valence-corrected chi connectivity index (χ3v) is 8.42. The number of thiazole rings is 1. The number of hydrogen-bond acceptors (Lipinski definition) is 7. The maximum absolute atomic E-state index is 13.1. The molecule has 0 unspecified atom stereocenters. The second-order valence-corrected chi connectivity index (χ2v) is 11.4. The number of fused-ring (bicyclic) bond motifs is 1. The van der Waals surface area contributed by atoms with Crippen molar-refractivity contribution < 1.29 is 14.3 Å². The molecule has 0 bridgehead atoms. The standard InChI is InChI=1S/C19H23IN4O3S2/c1-23-7-5-11-14(6-8-23)29-18(22-11)19(26)24-9-12(13(10-24)27-2)21-17(25)15-3-4-16(20)28-15/h3-4,12-13H,5-10H2,1-2H3,(H,21,25)/t12-,13-/m0/s1. The van der Waals surface area contributed by atoms with Crippen LogP contribution in [0.15, 0.2) is 12.1 Å². The summed E-state index contributed by atoms with van der Waals surface area (Å²) in [5, 5.41) is 3.58. The highest BCUT2D eigenvalue weighted by molar-refractivity contribution is 14.1. The number of thiophene rings is 1. The largest absolute Gasteiger partial charge is 0.377 e. The van der Waals surface area contributed by atoms with Crippen LogP contribution in [0.1, 0.15) is 30.0 Å². The summed E-state index contributed by atoms with van der Waals surface area (Å²) in [5.41, 5.74) is 1.06. The van der Waals surface area contributed by atoms with Crippen molar-refractivity contribution in [1.82, 2.24) is 20.1 Å². The summed E-state index contributed by atoms with van der Waals surface area (Å²) in [6, 6.07) is 3.51. The Balaban J connectivity index is 1.43. The Kier molecular flexibility index (Phi) is 6.54. The van der Waals surface area contributed by atoms with Crippen molar-refractivity contribution in [2.24, 2.45) is 0 Å². The molecule has 4 heterocycles. The highest BCUT2D eigenvalue weighted by Gasteiger charge is 2.38. The number of nitrogens with one attached hydrogen (secondary N) is 1. The van der Waals surface area contributed by atoms with Gasteiger partial charge in [0.25, 0.3) is 11.8 Å². The van der Waals surface area contributed by atoms with Crippen LogP contribution in [0.3, 0.4) is 0 Å². The summed E-state index contributed by atoms with van der Waals surface area (Å²) in [6.07, 6.45) is 1.60. The van der Waals surface area contributed by atoms with E-state index in [0.717, 1.165) is 34.5 Å². The van der Waals surface area contributed by atoms with Gasteiger partial charge >= 0.3 is 0 Å². The molecule has 0 aliphatic carbocycles. The molecule has 29 heavy (non-hydrogen) atoms. The third kappa shape index (κ3) is 4.66. The minimum absolute atomic E-state index is 0.0686. The van der Waals surface area contributed by atoms with Crippen LogP contribution in [0.2, 0.25) is 0 Å². The van der Waals surface area contributed by atoms with Gasteiger partial charge in [0.15, 0.2) is 5.01 Å². The maximum atomic E-state index is 13.1. The number of carbonyl (C=O) groups is 2. The lowest BCUT2D eigenvalue weighted by Crippen LogP contribution is -2.43. The molecule has 0 aromatic carbocycles. The van der Waals surface area contributed by atoms with Crippen molar-refractivity contribution in [3.05, 3.63) is 35.5 Å². The fourth-order valence-electron chi connectivity index (χ4n) is 3.69. The van der Waals surface area contributed by atoms with Gasteiger partial charge in [0.1, 0.15) is 0 Å². The van der Waals surface area contributed by atoms with E-state index < -0.39 is 0 Å². The molecule has 1 saturated heterocycles. The number of methoxy groups -OCH3 is 1. The Morgan fingerprint density at radius 2 is 2.03 bits per heavy atom. The quantitative estimate of drug-likeness (QED) is 0.595. The van der Waals surface area contributed by atoms with Crippen molar-refractivity contribution >= 4 is 57.1 Å². The molecule has 2 aromatic rings. The van der Waals surface area contributed by atoms with E-state index in [9.17, 15) is 9.59 Å². The molecular weight excluding hydrogens is 523 g/mol. The first-order chi connectivity index (χ1) is 13.9. The second-order valence-electron chi connectivity index (χ2n) is 7.36. The molecule has 2 amide bonds. The summed E-state index contributed by atoms with van der Waals surface area (Å²) in [5.74, 6) is -0.190. The minimum Gasteiger partial charge on any atom is -0.377 e. The van der Waals surface area contributed by atoms with Gasteiger partial charge in [-0.05, 0) is 48.2 Å². The summed E-state index contributed by atoms with van der Waals surface area (Å²) >= 11 is 5.16. The third-order valence-electron chi connectivity index (χ3n) is 5.38. The molecule has 10 heteroatoms. The number of amides is 2. The van der Waals surface area contributed by atoms with Crippen molar-refractivity contribution in [3.8, 4) is 0 Å². The van der Waals surface area contributed by atoms with Gasteiger partial charge in [-0.3, -0.25) is 9.59 Å². The molecule has 2 aromatic heterocycles. The van der Waals surface area contributed by atoms with E-state index in [1.807, 2.05) is 12.1 Å². The van der Waals surface area contributed by atoms with Gasteiger partial charge in [0.2, 0.25) is 0 Å². The van der Waals surface area contributed by atoms with E-state index >= 15 is 0 Å². The number of ether oxygens (including phenoxy) is 1. The summed E-state index contributed by atoms with van der Waals surface area (Å²) in [6.45, 7) is 2.84. The van der Waals surface area contributed by atoms with Crippen LogP contribution in [0.5, 0.6) is 0 Å². The van der Waals surface area contributed by atoms with E-state index in [4.69, 9.17) is 4.74 Å². The molecular formula is C19H23IN4O3S2. The number of hydrogen-bond donors (Lipinski definition) is 1. The number of likely N-dealkylation sites (tertiary alicyclic amines) is 1. The Hall–Kier alpha value is -1.08. The van der Waals surface area contributed by atoms with Crippen molar-refractivity contribution in [2.45, 2.75) is 25.0 Å². The topological polar surface area (TPSA) is 74.8 Å². The van der Waals surface area contributed by atoms with Crippen molar-refractivity contribution in [2.75, 3.05) is 40.3 Å². The highest BCUT2D eigenvalue weighted by Crippen LogP contribution is 2.26. The molecule has 2 aliphatic rings. The fourth-order valence-corrected chi connectivity index (χ4v) is 6.28. The smallest absolute Gasteiger partial charge is 0.283 e. The first-order valence-corrected chi connectivity index (χ1v) is 12.2. The Labute approximate surface area is 191 Å². The number of halogens is 1. The van der Waals surface area contributed by atoms with Crippen molar-refractivity contribution in [1.29, 1.82) is 0 Å². The predicted octanol–water partition coefficient (Wildman–Crippen LogP) is 2.11. The van der Waals surface area contributed by atoms with Gasteiger partial charge in [-0.25, -0.2) is 4.98 Å². The Bertz CT molecular complexity index is 890. The molecule has 0 saturated carbocycles. The van der Waals surface area contributed by atoms with Gasteiger partial charge in [-0.2, -0.15) is 0 Å². The first-order valence-electron chi connectivity index (χ1n) is 9.50. The van der Waals surface area contributed by atoms with Crippen LogP contribution in [0, 0.1) is 2.88 Å². The van der Waals surface area contributed by atoms with Crippen LogP contribution in [0.4, 0.5) is 0 Å². The van der Waals surface area contributed by atoms with Crippen LogP contribution >= 0.6 is 45.3 Å². The normalized spacial score (nSPS) is 22.4. The zero-order valence-electron chi connectivity index (χ0n) is 16.3. The first kappa shape index (κ1) is 21.2. The summed E-state index contributed by atoms with van der Waals surface area (Å²) in [7, 11) is 3.73. The maximum Gasteiger partial charge on any atom is 0.283 e. The molecule has 1 fully saturated rings. The molecule has 7 nitrogen and oxygen atoms in total. The van der Waals surface area contributed by atoms with Gasteiger partial charge in [-0.15, -0.1) is 22.7 Å². The molecule has 2 atom stereocenters. The number of rotatable bonds is 4. The van der Waals surface area contributed by atoms with Gasteiger partial charge in [0, 0.05) is 44.6 Å². The second kappa shape index (κ2) is 8.96. The number of likely N-dealkylation sites (N-methyl/N-ethyl adjacent to an activating group) is 1. The lowest BCUT2D eigenvalue weighted by Gasteiger charge is -2.17. The SMILES string of the molecule is CO[C@H]1CN(C(=O)c2nc3c(s2)CCN(C)CC3)C[C@@H]1NC(=O)c1ccc(I)s1. The summed E-state index contributed by atoms with van der Waals surface area (Å²) < 4.78 is 6.63. The Morgan fingerprint density at radius 1 is 1.24 bits per heavy atom. The molecule has 1 N–H and O–H groups in total. The monoisotopic (exact) mass is 546 g/mol. The number of carbonyl (C=O) groups excluding carboxylic acids is 2. The average Bonchev–Trinajstić information content (AvgIpc) is 3.40. The van der Waals surface area contributed by atoms with E-state index in [-0.39, 0.29) is 24.0 Å². The van der Waals surface area contributed by atoms with E-state index in [2.05, 4.69) is 44.8 Å². The number of nitrogens with zero attached hydrogens (tertiary/aromatic N) is 3. The van der Waals surface area contributed by atoms with Gasteiger partial charge < -0.3 is 19.9 Å². The van der Waals surface area contributed by atoms with Crippen LogP contribution < -0.4 is 5.32 Å². The van der Waals surface area contributed by atoms with Crippen LogP contribution in [-0.4, -0.2) is 79.1 Å². The van der Waals surface area contributed by atoms with Crippen LogP contribution in [0.25, 0.3) is 0 Å². The number of aromatic nitrogens is 1. The highest BCUT2D eigenvalue weighted by atomic mass is 127. The zero-order valence-corrected chi connectivity index (χ0v) is 20.1. The van der Waals surface area contributed by atoms with E-state index in [1.54, 1.807) is 12.0 Å². The van der Waals surface area contributed by atoms with E-state index in [1.165, 1.54) is 27.6 Å². The van der Waals surface area contributed by atoms with Gasteiger partial charge in [0.05, 0.1) is 25.6 Å². The summed E-state index contributed by atoms with van der Waals surface area (Å²) in [4.78, 5) is 36.2. The van der Waals surface area contributed by atoms with Crippen LogP contribution in [-0.2, 0) is 17.6 Å². The molecule has 0 spiro atoms. The lowest BCUT2D eigenvalue weighted by atomic mass is 10.2. The zero-order chi connectivity index (χ0) is 20.5. The molecule has 156 valence electrons. The molecule has 4 rings (SSSR count). The minimum atomic E-state index is -0.234. The van der Waals surface area contributed by atoms with Crippen molar-refractivity contribution in [3.63, 3.8) is 0 Å². The predicted molar refractivity (Wildman–Crippen MR) is 122 cm³/mol. The lowest BCUT2D eigenvalue weighted by molar-refractivity contribution is 0.0692. The Morgan fingerprint density at radius 3 is 2.76 bits per heavy atom. The molecule has 2 aliphatic heterocycles. The molecule has 0 radical (unpaired) electrons. The van der Waals surface area contributed by atoms with E-state index in [0.29, 0.717) is 23.0 Å². The fraction of sp³-hybridized carbons (Fsp3) is 0.526. The average molecular weight is 546 g/mol.